The van der Waals surface area contributed by atoms with Crippen molar-refractivity contribution in [1.82, 2.24) is 0 Å². The first kappa shape index (κ1) is 7.65. The van der Waals surface area contributed by atoms with Gasteiger partial charge in [-0.05, 0) is 47.2 Å². The third kappa shape index (κ3) is 1.34. The van der Waals surface area contributed by atoms with Crippen LogP contribution in [0.15, 0.2) is 12.1 Å². The van der Waals surface area contributed by atoms with Crippen LogP contribution in [0.5, 0.6) is 0 Å². The first-order valence-corrected chi connectivity index (χ1v) is 4.00. The topological polar surface area (TPSA) is 52.0 Å². The number of halogens is 1. The fourth-order valence-corrected chi connectivity index (χ4v) is 1.21. The zero-order chi connectivity index (χ0) is 7.72. The van der Waals surface area contributed by atoms with Crippen molar-refractivity contribution in [2.75, 3.05) is 11.5 Å². The number of rotatable bonds is 0. The number of anilines is 2. The number of nitrogen functional groups attached to an aromatic ring is 2. The van der Waals surface area contributed by atoms with Gasteiger partial charge in [0.25, 0.3) is 0 Å². The molecule has 1 aromatic rings. The molecule has 0 bridgehead atoms. The molecule has 0 amide bonds. The van der Waals surface area contributed by atoms with E-state index in [0.717, 1.165) is 3.57 Å². The van der Waals surface area contributed by atoms with Gasteiger partial charge in [-0.2, -0.15) is 0 Å². The molecular weight excluding hydrogens is 239 g/mol. The molecule has 54 valence electrons. The Bertz CT molecular complexity index is 208. The smallest absolute Gasteiger partial charge is 0.0558 e. The maximum atomic E-state index is 5.56. The van der Waals surface area contributed by atoms with E-state index in [9.17, 15) is 0 Å². The minimum absolute atomic E-state index is 0.662. The Balaban J connectivity index is 3.28. The van der Waals surface area contributed by atoms with E-state index in [-0.39, 0.29) is 0 Å². The highest BCUT2D eigenvalue weighted by atomic mass is 127. The van der Waals surface area contributed by atoms with E-state index in [1.165, 1.54) is 5.56 Å². The van der Waals surface area contributed by atoms with Gasteiger partial charge in [0.05, 0.1) is 11.4 Å². The van der Waals surface area contributed by atoms with E-state index in [1.807, 2.05) is 19.1 Å². The first-order valence-electron chi connectivity index (χ1n) is 2.92. The summed E-state index contributed by atoms with van der Waals surface area (Å²) in [6, 6.07) is 3.77. The highest BCUT2D eigenvalue weighted by Crippen LogP contribution is 2.21. The van der Waals surface area contributed by atoms with E-state index in [1.54, 1.807) is 0 Å². The fourth-order valence-electron chi connectivity index (χ4n) is 0.719. The molecule has 0 saturated carbocycles. The average molecular weight is 248 g/mol. The van der Waals surface area contributed by atoms with Crippen LogP contribution >= 0.6 is 22.6 Å². The van der Waals surface area contributed by atoms with Crippen molar-refractivity contribution < 1.29 is 0 Å². The summed E-state index contributed by atoms with van der Waals surface area (Å²) in [6.45, 7) is 2.01. The molecule has 3 heteroatoms. The first-order chi connectivity index (χ1) is 4.61. The number of benzene rings is 1. The van der Waals surface area contributed by atoms with E-state index in [2.05, 4.69) is 22.6 Å². The fraction of sp³-hybridized carbons (Fsp3) is 0.143. The maximum absolute atomic E-state index is 5.56. The van der Waals surface area contributed by atoms with Crippen LogP contribution in [0.4, 0.5) is 11.4 Å². The van der Waals surface area contributed by atoms with Gasteiger partial charge < -0.3 is 11.5 Å². The summed E-state index contributed by atoms with van der Waals surface area (Å²) in [7, 11) is 0. The molecule has 0 aliphatic heterocycles. The lowest BCUT2D eigenvalue weighted by molar-refractivity contribution is 1.43. The molecule has 1 rings (SSSR count). The summed E-state index contributed by atoms with van der Waals surface area (Å²) >= 11 is 2.23. The van der Waals surface area contributed by atoms with E-state index < -0.39 is 0 Å². The van der Waals surface area contributed by atoms with E-state index in [4.69, 9.17) is 11.5 Å². The summed E-state index contributed by atoms with van der Waals surface area (Å²) in [5.74, 6) is 0. The second-order valence-electron chi connectivity index (χ2n) is 2.23. The van der Waals surface area contributed by atoms with Gasteiger partial charge in [0.1, 0.15) is 0 Å². The highest BCUT2D eigenvalue weighted by Gasteiger charge is 1.97. The van der Waals surface area contributed by atoms with Gasteiger partial charge in [-0.3, -0.25) is 0 Å². The third-order valence-electron chi connectivity index (χ3n) is 1.36. The van der Waals surface area contributed by atoms with Gasteiger partial charge in [0, 0.05) is 3.57 Å². The SMILES string of the molecule is Cc1cc(N)c(N)cc1I. The van der Waals surface area contributed by atoms with Crippen molar-refractivity contribution in [2.45, 2.75) is 6.92 Å². The van der Waals surface area contributed by atoms with Gasteiger partial charge in [-0.1, -0.05) is 0 Å². The van der Waals surface area contributed by atoms with Crippen LogP contribution in [0.3, 0.4) is 0 Å². The van der Waals surface area contributed by atoms with Crippen molar-refractivity contribution in [2.24, 2.45) is 0 Å². The van der Waals surface area contributed by atoms with Crippen LogP contribution in [0.2, 0.25) is 0 Å². The molecule has 4 N–H and O–H groups in total. The number of nitrogens with two attached hydrogens (primary N) is 2. The van der Waals surface area contributed by atoms with Gasteiger partial charge >= 0.3 is 0 Å². The zero-order valence-electron chi connectivity index (χ0n) is 5.69. The summed E-state index contributed by atoms with van der Waals surface area (Å²) in [4.78, 5) is 0. The number of hydrogen-bond donors (Lipinski definition) is 2. The molecule has 2 nitrogen and oxygen atoms in total. The minimum Gasteiger partial charge on any atom is -0.397 e. The summed E-state index contributed by atoms with van der Waals surface area (Å²) in [5, 5.41) is 0. The lowest BCUT2D eigenvalue weighted by Gasteiger charge is -2.02. The van der Waals surface area contributed by atoms with Crippen molar-refractivity contribution >= 4 is 34.0 Å². The van der Waals surface area contributed by atoms with Crippen molar-refractivity contribution in [1.29, 1.82) is 0 Å². The van der Waals surface area contributed by atoms with Crippen LogP contribution in [0.1, 0.15) is 5.56 Å². The van der Waals surface area contributed by atoms with Crippen LogP contribution in [-0.2, 0) is 0 Å². The average Bonchev–Trinajstić information content (AvgIpc) is 1.84. The second-order valence-corrected chi connectivity index (χ2v) is 3.39. The maximum Gasteiger partial charge on any atom is 0.0558 e. The highest BCUT2D eigenvalue weighted by molar-refractivity contribution is 14.1. The molecule has 0 spiro atoms. The van der Waals surface area contributed by atoms with Gasteiger partial charge in [0.15, 0.2) is 0 Å². The Labute approximate surface area is 73.7 Å². The molecule has 0 fully saturated rings. The molecular formula is C7H9IN2. The quantitative estimate of drug-likeness (QED) is 0.543. The van der Waals surface area contributed by atoms with Crippen LogP contribution in [-0.4, -0.2) is 0 Å². The molecule has 0 atom stereocenters. The Morgan fingerprint density at radius 2 is 1.70 bits per heavy atom. The summed E-state index contributed by atoms with van der Waals surface area (Å²) in [5.41, 5.74) is 13.6. The number of hydrogen-bond acceptors (Lipinski definition) is 2. The summed E-state index contributed by atoms with van der Waals surface area (Å²) < 4.78 is 1.16. The van der Waals surface area contributed by atoms with E-state index >= 15 is 0 Å². The standard InChI is InChI=1S/C7H9IN2/c1-4-2-6(9)7(10)3-5(4)8/h2-3H,9-10H2,1H3. The van der Waals surface area contributed by atoms with Crippen LogP contribution < -0.4 is 11.5 Å². The number of aryl methyl sites for hydroxylation is 1. The molecule has 0 aliphatic rings. The lowest BCUT2D eigenvalue weighted by atomic mass is 10.2. The minimum atomic E-state index is 0.662. The Morgan fingerprint density at radius 3 is 2.20 bits per heavy atom. The van der Waals surface area contributed by atoms with Crippen LogP contribution in [0, 0.1) is 10.5 Å². The normalized spacial score (nSPS) is 9.80. The van der Waals surface area contributed by atoms with E-state index in [0.29, 0.717) is 11.4 Å². The molecule has 0 heterocycles. The Hall–Kier alpha value is -0.450. The second kappa shape index (κ2) is 2.65. The predicted molar refractivity (Wildman–Crippen MR) is 52.7 cm³/mol. The molecule has 10 heavy (non-hydrogen) atoms. The summed E-state index contributed by atoms with van der Waals surface area (Å²) in [6.07, 6.45) is 0. The third-order valence-corrected chi connectivity index (χ3v) is 2.53. The monoisotopic (exact) mass is 248 g/mol. The molecule has 0 unspecified atom stereocenters. The van der Waals surface area contributed by atoms with Crippen molar-refractivity contribution in [3.63, 3.8) is 0 Å². The van der Waals surface area contributed by atoms with Gasteiger partial charge in [0.2, 0.25) is 0 Å². The van der Waals surface area contributed by atoms with Crippen molar-refractivity contribution in [3.8, 4) is 0 Å². The van der Waals surface area contributed by atoms with Crippen molar-refractivity contribution in [3.05, 3.63) is 21.3 Å². The molecule has 0 radical (unpaired) electrons. The largest absolute Gasteiger partial charge is 0.397 e. The lowest BCUT2D eigenvalue weighted by Crippen LogP contribution is -1.96. The Kier molecular flexibility index (Phi) is 2.03. The molecule has 0 aliphatic carbocycles. The van der Waals surface area contributed by atoms with Gasteiger partial charge in [-0.25, -0.2) is 0 Å². The predicted octanol–water partition coefficient (Wildman–Crippen LogP) is 1.76. The van der Waals surface area contributed by atoms with Crippen LogP contribution in [0.25, 0.3) is 0 Å². The molecule has 0 saturated heterocycles. The van der Waals surface area contributed by atoms with Gasteiger partial charge in [-0.15, -0.1) is 0 Å². The molecule has 0 aromatic heterocycles. The Morgan fingerprint density at radius 1 is 1.20 bits per heavy atom. The molecule has 1 aromatic carbocycles. The zero-order valence-corrected chi connectivity index (χ0v) is 7.84.